The van der Waals surface area contributed by atoms with E-state index >= 15 is 0 Å². The first-order valence-corrected chi connectivity index (χ1v) is 27.8. The van der Waals surface area contributed by atoms with E-state index in [0.29, 0.717) is 25.9 Å². The lowest BCUT2D eigenvalue weighted by Gasteiger charge is -2.18. The van der Waals surface area contributed by atoms with Gasteiger partial charge in [-0.2, -0.15) is 0 Å². The maximum absolute atomic E-state index is 12.8. The number of carbonyl (C=O) groups is 2. The molecule has 378 valence electrons. The molecule has 0 N–H and O–H groups in total. The molecule has 0 bridgehead atoms. The van der Waals surface area contributed by atoms with Crippen molar-refractivity contribution >= 4 is 11.9 Å². The Morgan fingerprint density at radius 3 is 1.15 bits per heavy atom. The zero-order valence-corrected chi connectivity index (χ0v) is 43.4. The van der Waals surface area contributed by atoms with E-state index in [1.807, 2.05) is 6.08 Å². The molecule has 0 amide bonds. The second-order valence-corrected chi connectivity index (χ2v) is 18.1. The van der Waals surface area contributed by atoms with Gasteiger partial charge in [0, 0.05) is 19.4 Å². The summed E-state index contributed by atoms with van der Waals surface area (Å²) in [6.07, 6.45) is 75.9. The van der Waals surface area contributed by atoms with Gasteiger partial charge in [-0.3, -0.25) is 9.59 Å². The highest BCUT2D eigenvalue weighted by Crippen LogP contribution is 2.15. The number of carbonyl (C=O) groups excluding carboxylic acids is 2. The van der Waals surface area contributed by atoms with Crippen LogP contribution in [0, 0.1) is 0 Å². The van der Waals surface area contributed by atoms with E-state index in [-0.39, 0.29) is 25.2 Å². The standard InChI is InChI=1S/C61H104O5/c1-4-7-10-13-16-19-22-25-27-29-31-32-34-37-39-42-45-48-51-54-60(62)65-58-59(66-61(63)55-52-49-46-43-40-36-24-21-18-15-12-9-6-3)57-64-56-53-50-47-44-41-38-35-33-30-28-26-23-20-17-14-11-8-5-2/h8-9,11-12,17-18,20-21,26,28,33,35-36,40,46,49,59H,4-7,10,13-16,19,22-25,27,29-32,34,37-39,41-45,47-48,50-58H2,1-3H3/b11-8-,12-9-,20-17-,21-18-,28-26-,35-33-,40-36-,49-46-. The smallest absolute Gasteiger partial charge is 0.306 e. The highest BCUT2D eigenvalue weighted by molar-refractivity contribution is 5.70. The van der Waals surface area contributed by atoms with Crippen molar-refractivity contribution in [2.75, 3.05) is 19.8 Å². The molecule has 5 nitrogen and oxygen atoms in total. The normalized spacial score (nSPS) is 13.0. The van der Waals surface area contributed by atoms with Crippen molar-refractivity contribution in [2.24, 2.45) is 0 Å². The van der Waals surface area contributed by atoms with Crippen molar-refractivity contribution in [3.8, 4) is 0 Å². The van der Waals surface area contributed by atoms with Crippen LogP contribution in [0.25, 0.3) is 0 Å². The van der Waals surface area contributed by atoms with E-state index in [4.69, 9.17) is 14.2 Å². The molecule has 0 saturated heterocycles. The van der Waals surface area contributed by atoms with Gasteiger partial charge in [-0.15, -0.1) is 0 Å². The zero-order valence-electron chi connectivity index (χ0n) is 43.4. The SMILES string of the molecule is CC/C=C\C/C=C\C/C=C\C/C=C\CCCCCCCOCC(COC(=O)CCCCCCCCCCCCCCCCCCCCC)OC(=O)CC/C=C\C/C=C\C/C=C\C/C=C\CC. The van der Waals surface area contributed by atoms with Crippen LogP contribution in [-0.2, 0) is 23.8 Å². The Hall–Kier alpha value is -3.18. The number of esters is 2. The van der Waals surface area contributed by atoms with Crippen LogP contribution in [0.4, 0.5) is 0 Å². The maximum Gasteiger partial charge on any atom is 0.306 e. The summed E-state index contributed by atoms with van der Waals surface area (Å²) in [6, 6.07) is 0. The van der Waals surface area contributed by atoms with Crippen LogP contribution in [0.5, 0.6) is 0 Å². The molecule has 1 atom stereocenters. The molecule has 0 rings (SSSR count). The van der Waals surface area contributed by atoms with Crippen LogP contribution in [0.3, 0.4) is 0 Å². The van der Waals surface area contributed by atoms with Gasteiger partial charge >= 0.3 is 11.9 Å². The molecule has 0 aliphatic heterocycles. The lowest BCUT2D eigenvalue weighted by molar-refractivity contribution is -0.162. The number of hydrogen-bond donors (Lipinski definition) is 0. The van der Waals surface area contributed by atoms with Gasteiger partial charge in [-0.25, -0.2) is 0 Å². The first-order valence-electron chi connectivity index (χ1n) is 27.8. The van der Waals surface area contributed by atoms with Crippen molar-refractivity contribution in [1.82, 2.24) is 0 Å². The summed E-state index contributed by atoms with van der Waals surface area (Å²) in [6.45, 7) is 7.50. The molecule has 0 aliphatic rings. The lowest BCUT2D eigenvalue weighted by atomic mass is 10.0. The molecule has 0 aromatic heterocycles. The van der Waals surface area contributed by atoms with Crippen LogP contribution < -0.4 is 0 Å². The monoisotopic (exact) mass is 917 g/mol. The minimum atomic E-state index is -0.588. The van der Waals surface area contributed by atoms with Crippen molar-refractivity contribution in [3.63, 3.8) is 0 Å². The molecular formula is C61H104O5. The van der Waals surface area contributed by atoms with Gasteiger partial charge < -0.3 is 14.2 Å². The largest absolute Gasteiger partial charge is 0.462 e. The third-order valence-corrected chi connectivity index (χ3v) is 11.6. The highest BCUT2D eigenvalue weighted by Gasteiger charge is 2.17. The van der Waals surface area contributed by atoms with E-state index < -0.39 is 6.10 Å². The van der Waals surface area contributed by atoms with Gasteiger partial charge in [0.05, 0.1) is 6.61 Å². The predicted octanol–water partition coefficient (Wildman–Crippen LogP) is 19.0. The van der Waals surface area contributed by atoms with Crippen LogP contribution in [0.1, 0.15) is 252 Å². The molecule has 0 saturated carbocycles. The number of rotatable bonds is 50. The number of allylic oxidation sites excluding steroid dienone is 16. The Morgan fingerprint density at radius 2 is 0.712 bits per heavy atom. The summed E-state index contributed by atoms with van der Waals surface area (Å²) in [5.74, 6) is -0.498. The van der Waals surface area contributed by atoms with Crippen molar-refractivity contribution < 1.29 is 23.8 Å². The Balaban J connectivity index is 4.33. The first kappa shape index (κ1) is 62.8. The highest BCUT2D eigenvalue weighted by atomic mass is 16.6. The Labute approximate surface area is 409 Å². The van der Waals surface area contributed by atoms with Crippen molar-refractivity contribution in [3.05, 3.63) is 97.2 Å². The second-order valence-electron chi connectivity index (χ2n) is 18.1. The van der Waals surface area contributed by atoms with Crippen LogP contribution in [0.15, 0.2) is 97.2 Å². The molecular weight excluding hydrogens is 813 g/mol. The van der Waals surface area contributed by atoms with Gasteiger partial charge in [-0.1, -0.05) is 253 Å². The molecule has 66 heavy (non-hydrogen) atoms. The molecule has 0 spiro atoms. The van der Waals surface area contributed by atoms with E-state index in [0.717, 1.165) is 83.5 Å². The summed E-state index contributed by atoms with van der Waals surface area (Å²) in [5.41, 5.74) is 0. The van der Waals surface area contributed by atoms with Crippen molar-refractivity contribution in [2.45, 2.75) is 258 Å². The molecule has 0 aliphatic carbocycles. The summed E-state index contributed by atoms with van der Waals surface area (Å²) in [4.78, 5) is 25.4. The molecule has 0 aromatic rings. The van der Waals surface area contributed by atoms with E-state index in [2.05, 4.69) is 112 Å². The summed E-state index contributed by atoms with van der Waals surface area (Å²) >= 11 is 0. The zero-order chi connectivity index (χ0) is 47.7. The van der Waals surface area contributed by atoms with Crippen LogP contribution in [0.2, 0.25) is 0 Å². The topological polar surface area (TPSA) is 61.8 Å². The minimum absolute atomic E-state index is 0.0466. The third kappa shape index (κ3) is 53.4. The Morgan fingerprint density at radius 1 is 0.348 bits per heavy atom. The second kappa shape index (κ2) is 56.1. The number of ether oxygens (including phenoxy) is 3. The summed E-state index contributed by atoms with van der Waals surface area (Å²) < 4.78 is 17.4. The molecule has 0 heterocycles. The van der Waals surface area contributed by atoms with Gasteiger partial charge in [0.15, 0.2) is 6.10 Å². The van der Waals surface area contributed by atoms with E-state index in [1.54, 1.807) is 0 Å². The molecule has 0 fully saturated rings. The first-order chi connectivity index (χ1) is 32.6. The van der Waals surface area contributed by atoms with Crippen LogP contribution in [-0.4, -0.2) is 37.9 Å². The van der Waals surface area contributed by atoms with Crippen LogP contribution >= 0.6 is 0 Å². The predicted molar refractivity (Wildman–Crippen MR) is 288 cm³/mol. The number of unbranched alkanes of at least 4 members (excludes halogenated alkanes) is 23. The molecule has 0 radical (unpaired) electrons. The van der Waals surface area contributed by atoms with Crippen molar-refractivity contribution in [1.29, 1.82) is 0 Å². The average molecular weight is 917 g/mol. The van der Waals surface area contributed by atoms with Gasteiger partial charge in [0.25, 0.3) is 0 Å². The van der Waals surface area contributed by atoms with Gasteiger partial charge in [0.1, 0.15) is 6.61 Å². The van der Waals surface area contributed by atoms with E-state index in [9.17, 15) is 9.59 Å². The lowest BCUT2D eigenvalue weighted by Crippen LogP contribution is -2.30. The fourth-order valence-corrected chi connectivity index (χ4v) is 7.57. The molecule has 0 aromatic carbocycles. The third-order valence-electron chi connectivity index (χ3n) is 11.6. The van der Waals surface area contributed by atoms with E-state index in [1.165, 1.54) is 128 Å². The van der Waals surface area contributed by atoms with Gasteiger partial charge in [0.2, 0.25) is 0 Å². The average Bonchev–Trinajstić information content (AvgIpc) is 3.32. The minimum Gasteiger partial charge on any atom is -0.462 e. The fraction of sp³-hybridized carbons (Fsp3) is 0.705. The quantitative estimate of drug-likeness (QED) is 0.0346. The Kier molecular flexibility index (Phi) is 53.4. The summed E-state index contributed by atoms with van der Waals surface area (Å²) in [5, 5.41) is 0. The molecule has 5 heteroatoms. The van der Waals surface area contributed by atoms with Gasteiger partial charge in [-0.05, 0) is 83.5 Å². The summed E-state index contributed by atoms with van der Waals surface area (Å²) in [7, 11) is 0. The fourth-order valence-electron chi connectivity index (χ4n) is 7.57. The Bertz CT molecular complexity index is 1270. The number of hydrogen-bond acceptors (Lipinski definition) is 5. The maximum atomic E-state index is 12.8. The molecule has 1 unspecified atom stereocenters.